The summed E-state index contributed by atoms with van der Waals surface area (Å²) in [7, 11) is -1.88. The van der Waals surface area contributed by atoms with Crippen LogP contribution in [0.3, 0.4) is 0 Å². The fraction of sp³-hybridized carbons (Fsp3) is 0.900. The second-order valence-electron chi connectivity index (χ2n) is 3.57. The third kappa shape index (κ3) is 10.2. The van der Waals surface area contributed by atoms with Crippen LogP contribution < -0.4 is 10.6 Å². The Morgan fingerprint density at radius 3 is 2.59 bits per heavy atom. The molecule has 0 atom stereocenters. The zero-order valence-corrected chi connectivity index (χ0v) is 11.3. The number of sulfone groups is 1. The van der Waals surface area contributed by atoms with Crippen molar-refractivity contribution in [3.8, 4) is 0 Å². The lowest BCUT2D eigenvalue weighted by atomic mass is 10.4. The molecule has 0 bridgehead atoms. The van der Waals surface area contributed by atoms with Gasteiger partial charge in [-0.05, 0) is 19.9 Å². The molecule has 0 aromatic heterocycles. The molecule has 1 amide bonds. The molecule has 2 N–H and O–H groups in total. The van der Waals surface area contributed by atoms with E-state index in [1.807, 2.05) is 6.92 Å². The highest BCUT2D eigenvalue weighted by atomic mass is 32.2. The molecule has 0 aliphatic heterocycles. The van der Waals surface area contributed by atoms with E-state index in [1.54, 1.807) is 0 Å². The summed E-state index contributed by atoms with van der Waals surface area (Å²) in [5.41, 5.74) is 0. The number of carbonyl (C=O) groups excluding carboxylic acids is 1. The second kappa shape index (κ2) is 9.38. The largest absolute Gasteiger partial charge is 0.382 e. The van der Waals surface area contributed by atoms with Crippen LogP contribution in [0.2, 0.25) is 0 Å². The minimum absolute atomic E-state index is 0.0188. The van der Waals surface area contributed by atoms with Crippen molar-refractivity contribution in [3.63, 3.8) is 0 Å². The topological polar surface area (TPSA) is 84.5 Å². The van der Waals surface area contributed by atoms with Gasteiger partial charge in [-0.15, -0.1) is 0 Å². The molecule has 0 heterocycles. The molecule has 102 valence electrons. The Balaban J connectivity index is 3.56. The van der Waals surface area contributed by atoms with Gasteiger partial charge in [0.15, 0.2) is 9.84 Å². The van der Waals surface area contributed by atoms with Crippen LogP contribution in [0.4, 0.5) is 0 Å². The number of rotatable bonds is 10. The van der Waals surface area contributed by atoms with Crippen molar-refractivity contribution in [2.24, 2.45) is 0 Å². The third-order valence-electron chi connectivity index (χ3n) is 2.07. The van der Waals surface area contributed by atoms with E-state index in [-0.39, 0.29) is 5.75 Å². The van der Waals surface area contributed by atoms with Gasteiger partial charge in [0.1, 0.15) is 5.75 Å². The van der Waals surface area contributed by atoms with Crippen LogP contribution in [0.25, 0.3) is 0 Å². The Kier molecular flexibility index (Phi) is 9.01. The van der Waals surface area contributed by atoms with E-state index in [0.717, 1.165) is 13.0 Å². The number of amides is 1. The molecule has 0 spiro atoms. The van der Waals surface area contributed by atoms with Gasteiger partial charge in [0.2, 0.25) is 5.91 Å². The summed E-state index contributed by atoms with van der Waals surface area (Å²) < 4.78 is 28.0. The molecule has 7 heteroatoms. The molecular formula is C10H22N2O4S. The van der Waals surface area contributed by atoms with Gasteiger partial charge in [-0.1, -0.05) is 0 Å². The average molecular weight is 266 g/mol. The maximum atomic E-state index is 11.4. The fourth-order valence-electron chi connectivity index (χ4n) is 1.14. The quantitative estimate of drug-likeness (QED) is 0.504. The van der Waals surface area contributed by atoms with Gasteiger partial charge in [0.25, 0.3) is 0 Å². The van der Waals surface area contributed by atoms with Gasteiger partial charge in [0.05, 0.1) is 5.75 Å². The zero-order chi connectivity index (χ0) is 13.1. The van der Waals surface area contributed by atoms with E-state index in [2.05, 4.69) is 10.6 Å². The molecule has 0 aromatic carbocycles. The van der Waals surface area contributed by atoms with Crippen LogP contribution in [-0.4, -0.2) is 59.2 Å². The SMILES string of the molecule is CCOCCCNCCS(=O)(=O)CC(=O)NC. The third-order valence-corrected chi connectivity index (χ3v) is 3.59. The average Bonchev–Trinajstić information content (AvgIpc) is 2.27. The van der Waals surface area contributed by atoms with E-state index in [9.17, 15) is 13.2 Å². The second-order valence-corrected chi connectivity index (χ2v) is 5.75. The van der Waals surface area contributed by atoms with Gasteiger partial charge >= 0.3 is 0 Å². The smallest absolute Gasteiger partial charge is 0.234 e. The maximum Gasteiger partial charge on any atom is 0.234 e. The summed E-state index contributed by atoms with van der Waals surface area (Å²) in [6.45, 7) is 4.38. The van der Waals surface area contributed by atoms with Crippen molar-refractivity contribution in [1.82, 2.24) is 10.6 Å². The Morgan fingerprint density at radius 2 is 2.00 bits per heavy atom. The number of hydrogen-bond donors (Lipinski definition) is 2. The standard InChI is InChI=1S/C10H22N2O4S/c1-3-16-7-4-5-12-6-8-17(14,15)9-10(13)11-2/h12H,3-9H2,1-2H3,(H,11,13). The summed E-state index contributed by atoms with van der Waals surface area (Å²) in [5.74, 6) is -0.930. The van der Waals surface area contributed by atoms with Crippen LogP contribution in [0.15, 0.2) is 0 Å². The van der Waals surface area contributed by atoms with Crippen molar-refractivity contribution < 1.29 is 17.9 Å². The van der Waals surface area contributed by atoms with E-state index >= 15 is 0 Å². The minimum atomic E-state index is -3.30. The summed E-state index contributed by atoms with van der Waals surface area (Å²) in [5, 5.41) is 5.29. The summed E-state index contributed by atoms with van der Waals surface area (Å²) >= 11 is 0. The van der Waals surface area contributed by atoms with E-state index in [4.69, 9.17) is 4.74 Å². The lowest BCUT2D eigenvalue weighted by Gasteiger charge is -2.06. The lowest BCUT2D eigenvalue weighted by molar-refractivity contribution is -0.118. The summed E-state index contributed by atoms with van der Waals surface area (Å²) in [6.07, 6.45) is 0.851. The minimum Gasteiger partial charge on any atom is -0.382 e. The van der Waals surface area contributed by atoms with Crippen LogP contribution >= 0.6 is 0 Å². The van der Waals surface area contributed by atoms with Crippen molar-refractivity contribution in [2.75, 3.05) is 44.9 Å². The van der Waals surface area contributed by atoms with Gasteiger partial charge < -0.3 is 15.4 Å². The van der Waals surface area contributed by atoms with Gasteiger partial charge in [-0.2, -0.15) is 0 Å². The van der Waals surface area contributed by atoms with Crippen molar-refractivity contribution in [2.45, 2.75) is 13.3 Å². The molecule has 0 aromatic rings. The van der Waals surface area contributed by atoms with Gasteiger partial charge in [-0.3, -0.25) is 4.79 Å². The van der Waals surface area contributed by atoms with E-state index < -0.39 is 21.5 Å². The first kappa shape index (κ1) is 16.3. The Morgan fingerprint density at radius 1 is 1.29 bits per heavy atom. The van der Waals surface area contributed by atoms with Crippen molar-refractivity contribution in [1.29, 1.82) is 0 Å². The van der Waals surface area contributed by atoms with Crippen LogP contribution in [0, 0.1) is 0 Å². The zero-order valence-electron chi connectivity index (χ0n) is 10.5. The fourth-order valence-corrected chi connectivity index (χ4v) is 2.28. The molecule has 0 aliphatic rings. The lowest BCUT2D eigenvalue weighted by Crippen LogP contribution is -2.32. The van der Waals surface area contributed by atoms with E-state index in [1.165, 1.54) is 7.05 Å². The molecule has 0 saturated heterocycles. The number of hydrogen-bond acceptors (Lipinski definition) is 5. The van der Waals surface area contributed by atoms with Crippen molar-refractivity contribution in [3.05, 3.63) is 0 Å². The predicted octanol–water partition coefficient (Wildman–Crippen LogP) is -0.837. The maximum absolute atomic E-state index is 11.4. The first-order valence-electron chi connectivity index (χ1n) is 5.71. The van der Waals surface area contributed by atoms with Crippen LogP contribution in [0.5, 0.6) is 0 Å². The predicted molar refractivity (Wildman–Crippen MR) is 66.7 cm³/mol. The van der Waals surface area contributed by atoms with Gasteiger partial charge in [-0.25, -0.2) is 8.42 Å². The first-order valence-corrected chi connectivity index (χ1v) is 7.53. The summed E-state index contributed by atoms with van der Waals surface area (Å²) in [6, 6.07) is 0. The van der Waals surface area contributed by atoms with Crippen LogP contribution in [-0.2, 0) is 19.4 Å². The highest BCUT2D eigenvalue weighted by molar-refractivity contribution is 7.92. The molecule has 0 aliphatic carbocycles. The number of nitrogens with one attached hydrogen (secondary N) is 2. The van der Waals surface area contributed by atoms with Gasteiger partial charge in [0, 0.05) is 26.8 Å². The number of ether oxygens (including phenoxy) is 1. The monoisotopic (exact) mass is 266 g/mol. The summed E-state index contributed by atoms with van der Waals surface area (Å²) in [4.78, 5) is 10.9. The Hall–Kier alpha value is -0.660. The van der Waals surface area contributed by atoms with Crippen LogP contribution in [0.1, 0.15) is 13.3 Å². The molecular weight excluding hydrogens is 244 g/mol. The highest BCUT2D eigenvalue weighted by Crippen LogP contribution is 1.89. The Bertz CT molecular complexity index is 303. The number of carbonyl (C=O) groups is 1. The highest BCUT2D eigenvalue weighted by Gasteiger charge is 2.14. The Labute approximate surface area is 103 Å². The molecule has 17 heavy (non-hydrogen) atoms. The van der Waals surface area contributed by atoms with Crippen molar-refractivity contribution >= 4 is 15.7 Å². The van der Waals surface area contributed by atoms with E-state index in [0.29, 0.717) is 19.8 Å². The first-order chi connectivity index (χ1) is 8.02. The molecule has 6 nitrogen and oxygen atoms in total. The molecule has 0 radical (unpaired) electrons. The molecule has 0 saturated carbocycles. The molecule has 0 rings (SSSR count). The molecule has 0 unspecified atom stereocenters. The molecule has 0 fully saturated rings. The normalized spacial score (nSPS) is 11.4.